The number of hydrogen-bond donors (Lipinski definition) is 1. The van der Waals surface area contributed by atoms with Crippen molar-refractivity contribution in [1.82, 2.24) is 0 Å². The highest BCUT2D eigenvalue weighted by Gasteiger charge is 2.13. The van der Waals surface area contributed by atoms with Gasteiger partial charge in [-0.15, -0.1) is 0 Å². The van der Waals surface area contributed by atoms with Crippen LogP contribution < -0.4 is 5.73 Å². The smallest absolute Gasteiger partial charge is 0.00744 e. The van der Waals surface area contributed by atoms with Gasteiger partial charge in [0.2, 0.25) is 0 Å². The van der Waals surface area contributed by atoms with Gasteiger partial charge in [-0.1, -0.05) is 62.4 Å². The maximum Gasteiger partial charge on any atom is -0.00744 e. The van der Waals surface area contributed by atoms with Crippen molar-refractivity contribution in [2.75, 3.05) is 6.54 Å². The van der Waals surface area contributed by atoms with Gasteiger partial charge in [-0.2, -0.15) is 0 Å². The first-order chi connectivity index (χ1) is 10.1. The quantitative estimate of drug-likeness (QED) is 0.806. The average molecular weight is 281 g/mol. The van der Waals surface area contributed by atoms with Crippen LogP contribution in [0.4, 0.5) is 0 Å². The number of rotatable bonds is 6. The van der Waals surface area contributed by atoms with Crippen molar-refractivity contribution in [3.63, 3.8) is 0 Å². The van der Waals surface area contributed by atoms with E-state index in [4.69, 9.17) is 5.73 Å². The molecule has 0 saturated heterocycles. The molecule has 2 aromatic rings. The molecule has 0 spiro atoms. The monoisotopic (exact) mass is 281 g/mol. The fourth-order valence-electron chi connectivity index (χ4n) is 2.91. The molecule has 0 amide bonds. The third kappa shape index (κ3) is 4.18. The maximum atomic E-state index is 5.74. The summed E-state index contributed by atoms with van der Waals surface area (Å²) in [7, 11) is 0. The van der Waals surface area contributed by atoms with Crippen LogP contribution >= 0.6 is 0 Å². The van der Waals surface area contributed by atoms with Crippen molar-refractivity contribution in [3.8, 4) is 11.1 Å². The molecular weight excluding hydrogens is 254 g/mol. The van der Waals surface area contributed by atoms with E-state index >= 15 is 0 Å². The second kappa shape index (κ2) is 7.42. The lowest BCUT2D eigenvalue weighted by Gasteiger charge is -2.20. The van der Waals surface area contributed by atoms with Crippen LogP contribution in [0.25, 0.3) is 11.1 Å². The van der Waals surface area contributed by atoms with E-state index in [2.05, 4.69) is 69.3 Å². The lowest BCUT2D eigenvalue weighted by molar-refractivity contribution is 0.362. The molecule has 2 rings (SSSR count). The molecule has 0 heterocycles. The van der Waals surface area contributed by atoms with E-state index in [0.29, 0.717) is 11.8 Å². The Morgan fingerprint density at radius 3 is 2.19 bits per heavy atom. The van der Waals surface area contributed by atoms with E-state index in [1.807, 2.05) is 0 Å². The molecule has 112 valence electrons. The molecule has 1 heteroatoms. The van der Waals surface area contributed by atoms with Crippen molar-refractivity contribution < 1.29 is 0 Å². The van der Waals surface area contributed by atoms with Gasteiger partial charge in [0.05, 0.1) is 0 Å². The van der Waals surface area contributed by atoms with Crippen LogP contribution in [0.1, 0.15) is 31.4 Å². The first-order valence-corrected chi connectivity index (χ1v) is 7.97. The van der Waals surface area contributed by atoms with Crippen molar-refractivity contribution in [2.45, 2.75) is 33.6 Å². The summed E-state index contributed by atoms with van der Waals surface area (Å²) in [5.74, 6) is 1.36. The first-order valence-electron chi connectivity index (χ1n) is 7.97. The third-order valence-corrected chi connectivity index (χ3v) is 4.39. The van der Waals surface area contributed by atoms with E-state index in [1.54, 1.807) is 0 Å². The van der Waals surface area contributed by atoms with Crippen molar-refractivity contribution in [3.05, 3.63) is 59.7 Å². The molecular formula is C20H27N. The molecule has 1 unspecified atom stereocenters. The van der Waals surface area contributed by atoms with Crippen LogP contribution in [0.5, 0.6) is 0 Å². The van der Waals surface area contributed by atoms with Gasteiger partial charge in [-0.3, -0.25) is 0 Å². The number of nitrogens with two attached hydrogens (primary N) is 1. The zero-order valence-electron chi connectivity index (χ0n) is 13.5. The van der Waals surface area contributed by atoms with Crippen LogP contribution in [-0.4, -0.2) is 6.54 Å². The molecule has 0 aliphatic rings. The topological polar surface area (TPSA) is 26.0 Å². The minimum absolute atomic E-state index is 0.680. The molecule has 21 heavy (non-hydrogen) atoms. The SMILES string of the molecule is Cc1ccccc1-c1ccc(CC(CCN)C(C)C)cc1. The highest BCUT2D eigenvalue weighted by atomic mass is 14.5. The number of hydrogen-bond acceptors (Lipinski definition) is 1. The average Bonchev–Trinajstić information content (AvgIpc) is 2.48. The third-order valence-electron chi connectivity index (χ3n) is 4.39. The number of benzene rings is 2. The highest BCUT2D eigenvalue weighted by molar-refractivity contribution is 5.67. The van der Waals surface area contributed by atoms with E-state index in [0.717, 1.165) is 19.4 Å². The molecule has 0 aromatic heterocycles. The fraction of sp³-hybridized carbons (Fsp3) is 0.400. The second-order valence-corrected chi connectivity index (χ2v) is 6.30. The minimum atomic E-state index is 0.680. The molecule has 1 atom stereocenters. The van der Waals surface area contributed by atoms with Crippen LogP contribution in [0.3, 0.4) is 0 Å². The Hall–Kier alpha value is -1.60. The van der Waals surface area contributed by atoms with Gasteiger partial charge in [-0.25, -0.2) is 0 Å². The Balaban J connectivity index is 2.14. The van der Waals surface area contributed by atoms with Crippen molar-refractivity contribution in [1.29, 1.82) is 0 Å². The fourth-order valence-corrected chi connectivity index (χ4v) is 2.91. The van der Waals surface area contributed by atoms with Gasteiger partial charge in [0, 0.05) is 0 Å². The van der Waals surface area contributed by atoms with E-state index in [-0.39, 0.29) is 0 Å². The Morgan fingerprint density at radius 2 is 1.62 bits per heavy atom. The summed E-state index contributed by atoms with van der Waals surface area (Å²) in [5.41, 5.74) is 11.1. The van der Waals surface area contributed by atoms with Crippen LogP contribution in [0.2, 0.25) is 0 Å². The standard InChI is InChI=1S/C20H27N/c1-15(2)19(12-13-21)14-17-8-10-18(11-9-17)20-7-5-4-6-16(20)3/h4-11,15,19H,12-14,21H2,1-3H3. The molecule has 2 aromatic carbocycles. The van der Waals surface area contributed by atoms with Gasteiger partial charge in [-0.05, 0) is 60.4 Å². The van der Waals surface area contributed by atoms with Crippen molar-refractivity contribution >= 4 is 0 Å². The predicted molar refractivity (Wildman–Crippen MR) is 92.3 cm³/mol. The van der Waals surface area contributed by atoms with Gasteiger partial charge < -0.3 is 5.73 Å². The Kier molecular flexibility index (Phi) is 5.58. The summed E-state index contributed by atoms with van der Waals surface area (Å²) in [6, 6.07) is 17.6. The molecule has 0 radical (unpaired) electrons. The molecule has 0 aliphatic heterocycles. The summed E-state index contributed by atoms with van der Waals surface area (Å²) in [6.07, 6.45) is 2.24. The van der Waals surface area contributed by atoms with E-state index in [1.165, 1.54) is 22.3 Å². The molecule has 0 aliphatic carbocycles. The summed E-state index contributed by atoms with van der Waals surface area (Å²) >= 11 is 0. The van der Waals surface area contributed by atoms with Crippen LogP contribution in [0, 0.1) is 18.8 Å². The Bertz CT molecular complexity index is 554. The largest absolute Gasteiger partial charge is 0.330 e. The van der Waals surface area contributed by atoms with E-state index in [9.17, 15) is 0 Å². The molecule has 0 bridgehead atoms. The van der Waals surface area contributed by atoms with Crippen LogP contribution in [-0.2, 0) is 6.42 Å². The van der Waals surface area contributed by atoms with Gasteiger partial charge in [0.15, 0.2) is 0 Å². The normalized spacial score (nSPS) is 12.6. The molecule has 2 N–H and O–H groups in total. The number of aryl methyl sites for hydroxylation is 1. The summed E-state index contributed by atoms with van der Waals surface area (Å²) in [6.45, 7) is 7.54. The van der Waals surface area contributed by atoms with Crippen LogP contribution in [0.15, 0.2) is 48.5 Å². The second-order valence-electron chi connectivity index (χ2n) is 6.30. The lowest BCUT2D eigenvalue weighted by atomic mass is 9.86. The summed E-state index contributed by atoms with van der Waals surface area (Å²) in [5, 5.41) is 0. The lowest BCUT2D eigenvalue weighted by Crippen LogP contribution is -2.16. The maximum absolute atomic E-state index is 5.74. The Labute approximate surface area is 129 Å². The zero-order valence-corrected chi connectivity index (χ0v) is 13.5. The van der Waals surface area contributed by atoms with E-state index < -0.39 is 0 Å². The van der Waals surface area contributed by atoms with Crippen molar-refractivity contribution in [2.24, 2.45) is 17.6 Å². The Morgan fingerprint density at radius 1 is 0.952 bits per heavy atom. The van der Waals surface area contributed by atoms with Gasteiger partial charge in [0.25, 0.3) is 0 Å². The molecule has 1 nitrogen and oxygen atoms in total. The highest BCUT2D eigenvalue weighted by Crippen LogP contribution is 2.25. The molecule has 0 saturated carbocycles. The minimum Gasteiger partial charge on any atom is -0.330 e. The summed E-state index contributed by atoms with van der Waals surface area (Å²) < 4.78 is 0. The predicted octanol–water partition coefficient (Wildman–Crippen LogP) is 4.83. The summed E-state index contributed by atoms with van der Waals surface area (Å²) in [4.78, 5) is 0. The van der Waals surface area contributed by atoms with Gasteiger partial charge >= 0.3 is 0 Å². The molecule has 0 fully saturated rings. The van der Waals surface area contributed by atoms with Gasteiger partial charge in [0.1, 0.15) is 0 Å². The zero-order chi connectivity index (χ0) is 15.2. The first kappa shape index (κ1) is 15.8.